The summed E-state index contributed by atoms with van der Waals surface area (Å²) in [4.78, 5) is 22.0. The van der Waals surface area contributed by atoms with Crippen LogP contribution in [-0.4, -0.2) is 43.3 Å². The minimum atomic E-state index is -1.17. The highest BCUT2D eigenvalue weighted by molar-refractivity contribution is 7.85. The fourth-order valence-electron chi connectivity index (χ4n) is 3.96. The number of hydrogen-bond donors (Lipinski definition) is 3. The van der Waals surface area contributed by atoms with E-state index in [9.17, 15) is 9.00 Å². The Hall–Kier alpha value is -3.72. The van der Waals surface area contributed by atoms with Crippen molar-refractivity contribution in [1.82, 2.24) is 19.7 Å². The quantitative estimate of drug-likeness (QED) is 0.307. The van der Waals surface area contributed by atoms with Crippen molar-refractivity contribution in [3.63, 3.8) is 0 Å². The maximum Gasteiger partial charge on any atom is 0.251 e. The van der Waals surface area contributed by atoms with E-state index in [1.807, 2.05) is 65.3 Å². The van der Waals surface area contributed by atoms with Crippen molar-refractivity contribution in [2.75, 3.05) is 22.8 Å². The maximum atomic E-state index is 12.4. The van der Waals surface area contributed by atoms with Gasteiger partial charge in [-0.15, -0.1) is 0 Å². The summed E-state index contributed by atoms with van der Waals surface area (Å²) in [6, 6.07) is 15.6. The first-order chi connectivity index (χ1) is 17.4. The summed E-state index contributed by atoms with van der Waals surface area (Å²) in [6.45, 7) is 5.05. The van der Waals surface area contributed by atoms with Crippen LogP contribution >= 0.6 is 0 Å². The summed E-state index contributed by atoms with van der Waals surface area (Å²) in [5, 5.41) is 6.47. The van der Waals surface area contributed by atoms with Crippen molar-refractivity contribution in [3.8, 4) is 22.5 Å². The minimum Gasteiger partial charge on any atom is -0.367 e. The number of nitrogens with zero attached hydrogens (tertiary/aromatic N) is 3. The lowest BCUT2D eigenvalue weighted by Gasteiger charge is -2.13. The number of hydrogen-bond acceptors (Lipinski definition) is 5. The largest absolute Gasteiger partial charge is 0.367 e. The van der Waals surface area contributed by atoms with Crippen LogP contribution in [0, 0.1) is 5.92 Å². The highest BCUT2D eigenvalue weighted by atomic mass is 32.2. The molecule has 1 saturated carbocycles. The Bertz CT molecular complexity index is 1430. The number of benzene rings is 2. The minimum absolute atomic E-state index is 0.0321. The Morgan fingerprint density at radius 2 is 1.92 bits per heavy atom. The molecule has 0 spiro atoms. The second-order valence-electron chi connectivity index (χ2n) is 9.55. The Kier molecular flexibility index (Phi) is 6.73. The van der Waals surface area contributed by atoms with Gasteiger partial charge in [-0.1, -0.05) is 38.1 Å². The van der Waals surface area contributed by atoms with Crippen molar-refractivity contribution >= 4 is 34.0 Å². The van der Waals surface area contributed by atoms with Gasteiger partial charge < -0.3 is 15.4 Å². The monoisotopic (exact) mass is 502 g/mol. The molecule has 1 amide bonds. The van der Waals surface area contributed by atoms with Gasteiger partial charge in [0.2, 0.25) is 0 Å². The van der Waals surface area contributed by atoms with Crippen molar-refractivity contribution in [2.45, 2.75) is 32.7 Å². The van der Waals surface area contributed by atoms with Crippen LogP contribution in [0.4, 0.5) is 11.5 Å². The molecule has 0 bridgehead atoms. The van der Waals surface area contributed by atoms with Crippen LogP contribution in [0.15, 0.2) is 60.9 Å². The van der Waals surface area contributed by atoms with Gasteiger partial charge >= 0.3 is 0 Å². The zero-order valence-corrected chi connectivity index (χ0v) is 21.4. The lowest BCUT2D eigenvalue weighted by Crippen LogP contribution is -2.25. The lowest BCUT2D eigenvalue weighted by atomic mass is 10.1. The molecule has 1 aliphatic carbocycles. The normalized spacial score (nSPS) is 14.1. The second-order valence-corrected chi connectivity index (χ2v) is 10.7. The Balaban J connectivity index is 1.55. The van der Waals surface area contributed by atoms with Crippen LogP contribution in [0.3, 0.4) is 0 Å². The smallest absolute Gasteiger partial charge is 0.251 e. The lowest BCUT2D eigenvalue weighted by molar-refractivity contribution is 0.0951. The van der Waals surface area contributed by atoms with E-state index in [2.05, 4.69) is 34.2 Å². The third-order valence-corrected chi connectivity index (χ3v) is 6.47. The molecule has 8 nitrogen and oxygen atoms in total. The average Bonchev–Trinajstić information content (AvgIpc) is 3.57. The SMILES string of the molecule is CC(C)CNc1nc(-c2cccc(NS(C)=O)c2)cn2c(-c3ccc(C(=O)NC4CC4)cc3)cnc12. The Morgan fingerprint density at radius 3 is 2.61 bits per heavy atom. The van der Waals surface area contributed by atoms with Crippen molar-refractivity contribution in [2.24, 2.45) is 5.92 Å². The van der Waals surface area contributed by atoms with Gasteiger partial charge in [0.05, 0.1) is 17.6 Å². The maximum absolute atomic E-state index is 12.4. The standard InChI is InChI=1S/C27H30N6O2S/c1-17(2)14-28-25-26-29-15-24(18-7-9-19(10-8-18)27(34)30-21-11-12-21)33(26)16-23(31-25)20-5-4-6-22(13-20)32-36(3)35/h4-10,13,15-17,21,32H,11-12,14H2,1-3H3,(H,28,31)(H,30,34). The summed E-state index contributed by atoms with van der Waals surface area (Å²) < 4.78 is 16.6. The third kappa shape index (κ3) is 5.41. The third-order valence-electron chi connectivity index (χ3n) is 5.95. The number of amides is 1. The molecular weight excluding hydrogens is 472 g/mol. The van der Waals surface area contributed by atoms with E-state index in [-0.39, 0.29) is 5.91 Å². The Morgan fingerprint density at radius 1 is 1.14 bits per heavy atom. The van der Waals surface area contributed by atoms with Gasteiger partial charge in [-0.2, -0.15) is 0 Å². The van der Waals surface area contributed by atoms with Gasteiger partial charge in [-0.05, 0) is 43.0 Å². The molecule has 36 heavy (non-hydrogen) atoms. The van der Waals surface area contributed by atoms with E-state index >= 15 is 0 Å². The van der Waals surface area contributed by atoms with Gasteiger partial charge in [-0.25, -0.2) is 14.2 Å². The number of carbonyl (C=O) groups excluding carboxylic acids is 1. The molecule has 3 N–H and O–H groups in total. The summed E-state index contributed by atoms with van der Waals surface area (Å²) >= 11 is 0. The van der Waals surface area contributed by atoms with E-state index < -0.39 is 11.0 Å². The Labute approximate surface area is 213 Å². The summed E-state index contributed by atoms with van der Waals surface area (Å²) in [5.41, 5.74) is 5.66. The molecule has 2 aromatic carbocycles. The molecule has 186 valence electrons. The molecule has 9 heteroatoms. The molecule has 1 aliphatic rings. The number of rotatable bonds is 9. The van der Waals surface area contributed by atoms with E-state index in [4.69, 9.17) is 4.98 Å². The molecule has 2 aromatic heterocycles. The fraction of sp³-hybridized carbons (Fsp3) is 0.296. The summed E-state index contributed by atoms with van der Waals surface area (Å²) in [5.74, 6) is 1.10. The summed E-state index contributed by atoms with van der Waals surface area (Å²) in [7, 11) is -1.17. The van der Waals surface area contributed by atoms with Crippen molar-refractivity contribution in [1.29, 1.82) is 0 Å². The van der Waals surface area contributed by atoms with Crippen LogP contribution in [0.5, 0.6) is 0 Å². The average molecular weight is 503 g/mol. The molecule has 5 rings (SSSR count). The number of anilines is 2. The molecule has 0 saturated heterocycles. The molecule has 0 aliphatic heterocycles. The zero-order chi connectivity index (χ0) is 25.2. The number of carbonyl (C=O) groups is 1. The first kappa shape index (κ1) is 24.0. The van der Waals surface area contributed by atoms with E-state index in [0.717, 1.165) is 53.2 Å². The zero-order valence-electron chi connectivity index (χ0n) is 20.6. The van der Waals surface area contributed by atoms with Crippen molar-refractivity contribution in [3.05, 3.63) is 66.5 Å². The topological polar surface area (TPSA) is 100 Å². The van der Waals surface area contributed by atoms with Gasteiger partial charge in [0.15, 0.2) is 11.5 Å². The van der Waals surface area contributed by atoms with E-state index in [1.165, 1.54) is 0 Å². The number of imidazole rings is 1. The highest BCUT2D eigenvalue weighted by Gasteiger charge is 2.23. The molecule has 1 atom stereocenters. The number of aromatic nitrogens is 3. The first-order valence-corrected chi connectivity index (χ1v) is 13.7. The van der Waals surface area contributed by atoms with Gasteiger partial charge in [0.25, 0.3) is 5.91 Å². The van der Waals surface area contributed by atoms with Crippen molar-refractivity contribution < 1.29 is 9.00 Å². The van der Waals surface area contributed by atoms with Crippen LogP contribution in [0.2, 0.25) is 0 Å². The van der Waals surface area contributed by atoms with Crippen LogP contribution < -0.4 is 15.4 Å². The molecule has 4 aromatic rings. The number of fused-ring (bicyclic) bond motifs is 1. The van der Waals surface area contributed by atoms with Crippen LogP contribution in [0.1, 0.15) is 37.0 Å². The van der Waals surface area contributed by atoms with Gasteiger partial charge in [0, 0.05) is 47.4 Å². The molecule has 0 radical (unpaired) electrons. The van der Waals surface area contributed by atoms with Gasteiger partial charge in [0.1, 0.15) is 11.0 Å². The molecule has 1 unspecified atom stereocenters. The van der Waals surface area contributed by atoms with Crippen LogP contribution in [-0.2, 0) is 11.0 Å². The van der Waals surface area contributed by atoms with E-state index in [0.29, 0.717) is 23.3 Å². The fourth-order valence-corrected chi connectivity index (χ4v) is 4.42. The first-order valence-electron chi connectivity index (χ1n) is 12.1. The predicted octanol–water partition coefficient (Wildman–Crippen LogP) is 4.73. The second kappa shape index (κ2) is 10.1. The van der Waals surface area contributed by atoms with E-state index in [1.54, 1.807) is 6.26 Å². The number of nitrogens with one attached hydrogen (secondary N) is 3. The highest BCUT2D eigenvalue weighted by Crippen LogP contribution is 2.29. The molecular formula is C27H30N6O2S. The molecule has 1 fully saturated rings. The van der Waals surface area contributed by atoms with Crippen LogP contribution in [0.25, 0.3) is 28.2 Å². The van der Waals surface area contributed by atoms with Gasteiger partial charge in [-0.3, -0.25) is 9.20 Å². The molecule has 2 heterocycles. The summed E-state index contributed by atoms with van der Waals surface area (Å²) in [6.07, 6.45) is 7.52. The predicted molar refractivity (Wildman–Crippen MR) is 145 cm³/mol.